The molecule has 0 unspecified atom stereocenters. The van der Waals surface area contributed by atoms with Crippen LogP contribution in [0.15, 0.2) is 34.2 Å². The number of carbonyl (C=O) groups excluding carboxylic acids is 1. The molecule has 1 aromatic carbocycles. The molecule has 1 heterocycles. The smallest absolute Gasteiger partial charge is 0.262 e. The molecule has 0 aliphatic carbocycles. The zero-order valence-electron chi connectivity index (χ0n) is 12.4. The van der Waals surface area contributed by atoms with Crippen LogP contribution >= 0.6 is 11.8 Å². The van der Waals surface area contributed by atoms with Crippen LogP contribution in [-0.2, 0) is 11.3 Å². The molecule has 0 bridgehead atoms. The standard InChI is InChI=1S/C15H19N3O2S/c1-10(2)8-18-14(20)11-6-4-5-7-12(11)17-15(18)21-9-13(19)16-3/h4-7,10H,8-9H2,1-3H3,(H,16,19). The van der Waals surface area contributed by atoms with Crippen LogP contribution in [0.1, 0.15) is 13.8 Å². The highest BCUT2D eigenvalue weighted by Gasteiger charge is 2.13. The van der Waals surface area contributed by atoms with Crippen molar-refractivity contribution in [2.75, 3.05) is 12.8 Å². The molecule has 21 heavy (non-hydrogen) atoms. The second-order valence-electron chi connectivity index (χ2n) is 5.18. The normalized spacial score (nSPS) is 11.0. The minimum absolute atomic E-state index is 0.0475. The second kappa shape index (κ2) is 6.76. The molecule has 0 saturated carbocycles. The van der Waals surface area contributed by atoms with Gasteiger partial charge in [-0.05, 0) is 18.1 Å². The number of thioether (sulfide) groups is 1. The first kappa shape index (κ1) is 15.6. The first-order valence-electron chi connectivity index (χ1n) is 6.86. The highest BCUT2D eigenvalue weighted by Crippen LogP contribution is 2.18. The molecule has 5 nitrogen and oxygen atoms in total. The fourth-order valence-electron chi connectivity index (χ4n) is 1.99. The lowest BCUT2D eigenvalue weighted by atomic mass is 10.2. The van der Waals surface area contributed by atoms with Crippen LogP contribution in [0.4, 0.5) is 0 Å². The zero-order valence-corrected chi connectivity index (χ0v) is 13.2. The largest absolute Gasteiger partial charge is 0.358 e. The number of nitrogens with one attached hydrogen (secondary N) is 1. The van der Waals surface area contributed by atoms with Gasteiger partial charge in [0.25, 0.3) is 5.56 Å². The van der Waals surface area contributed by atoms with Gasteiger partial charge in [0, 0.05) is 13.6 Å². The Morgan fingerprint density at radius 1 is 1.38 bits per heavy atom. The number of nitrogens with zero attached hydrogens (tertiary/aromatic N) is 2. The summed E-state index contributed by atoms with van der Waals surface area (Å²) in [6, 6.07) is 7.30. The van der Waals surface area contributed by atoms with Gasteiger partial charge in [0.05, 0.1) is 16.7 Å². The van der Waals surface area contributed by atoms with Crippen molar-refractivity contribution in [1.29, 1.82) is 0 Å². The zero-order chi connectivity index (χ0) is 15.4. The quantitative estimate of drug-likeness (QED) is 0.677. The number of aromatic nitrogens is 2. The highest BCUT2D eigenvalue weighted by molar-refractivity contribution is 7.99. The third-order valence-electron chi connectivity index (χ3n) is 2.99. The fourth-order valence-corrected chi connectivity index (χ4v) is 2.87. The molecule has 2 aromatic rings. The molecule has 0 aliphatic heterocycles. The maximum atomic E-state index is 12.6. The first-order valence-corrected chi connectivity index (χ1v) is 7.84. The van der Waals surface area contributed by atoms with Crippen LogP contribution in [-0.4, -0.2) is 28.3 Å². The van der Waals surface area contributed by atoms with Gasteiger partial charge in [-0.25, -0.2) is 4.98 Å². The summed E-state index contributed by atoms with van der Waals surface area (Å²) in [6.45, 7) is 4.69. The predicted molar refractivity (Wildman–Crippen MR) is 85.6 cm³/mol. The Labute approximate surface area is 127 Å². The van der Waals surface area contributed by atoms with Crippen molar-refractivity contribution in [2.24, 2.45) is 5.92 Å². The maximum absolute atomic E-state index is 12.6. The van der Waals surface area contributed by atoms with E-state index in [9.17, 15) is 9.59 Å². The van der Waals surface area contributed by atoms with Gasteiger partial charge in [0.2, 0.25) is 5.91 Å². The summed E-state index contributed by atoms with van der Waals surface area (Å²) >= 11 is 1.29. The number of hydrogen-bond donors (Lipinski definition) is 1. The summed E-state index contributed by atoms with van der Waals surface area (Å²) in [5, 5.41) is 3.78. The predicted octanol–water partition coefficient (Wildman–Crippen LogP) is 1.89. The van der Waals surface area contributed by atoms with Gasteiger partial charge >= 0.3 is 0 Å². The summed E-state index contributed by atoms with van der Waals surface area (Å²) in [7, 11) is 1.60. The van der Waals surface area contributed by atoms with Crippen LogP contribution in [0.3, 0.4) is 0 Å². The molecule has 1 amide bonds. The monoisotopic (exact) mass is 305 g/mol. The Kier molecular flexibility index (Phi) is 5.01. The van der Waals surface area contributed by atoms with E-state index in [0.717, 1.165) is 0 Å². The molecular formula is C15H19N3O2S. The molecule has 0 radical (unpaired) electrons. The van der Waals surface area contributed by atoms with Crippen molar-refractivity contribution in [1.82, 2.24) is 14.9 Å². The van der Waals surface area contributed by atoms with E-state index in [0.29, 0.717) is 28.5 Å². The van der Waals surface area contributed by atoms with Gasteiger partial charge in [-0.3, -0.25) is 14.2 Å². The second-order valence-corrected chi connectivity index (χ2v) is 6.13. The van der Waals surface area contributed by atoms with Crippen molar-refractivity contribution in [2.45, 2.75) is 25.5 Å². The molecule has 0 aliphatic rings. The van der Waals surface area contributed by atoms with Crippen molar-refractivity contribution in [3.05, 3.63) is 34.6 Å². The number of carbonyl (C=O) groups is 1. The van der Waals surface area contributed by atoms with Crippen molar-refractivity contribution in [3.63, 3.8) is 0 Å². The first-order chi connectivity index (χ1) is 10.0. The minimum Gasteiger partial charge on any atom is -0.358 e. The topological polar surface area (TPSA) is 64.0 Å². The fraction of sp³-hybridized carbons (Fsp3) is 0.400. The summed E-state index contributed by atoms with van der Waals surface area (Å²) < 4.78 is 1.67. The Morgan fingerprint density at radius 3 is 2.76 bits per heavy atom. The van der Waals surface area contributed by atoms with Gasteiger partial charge in [-0.2, -0.15) is 0 Å². The third kappa shape index (κ3) is 3.64. The summed E-state index contributed by atoms with van der Waals surface area (Å²) in [5.41, 5.74) is 0.621. The molecule has 1 aromatic heterocycles. The molecule has 112 valence electrons. The van der Waals surface area contributed by atoms with E-state index >= 15 is 0 Å². The average Bonchev–Trinajstić information content (AvgIpc) is 2.47. The van der Waals surface area contributed by atoms with E-state index in [1.807, 2.05) is 18.2 Å². The van der Waals surface area contributed by atoms with E-state index in [4.69, 9.17) is 0 Å². The van der Waals surface area contributed by atoms with Gasteiger partial charge < -0.3 is 5.32 Å². The van der Waals surface area contributed by atoms with Crippen molar-refractivity contribution < 1.29 is 4.79 Å². The number of hydrogen-bond acceptors (Lipinski definition) is 4. The number of amides is 1. The molecule has 0 spiro atoms. The molecule has 0 saturated heterocycles. The lowest BCUT2D eigenvalue weighted by Crippen LogP contribution is -2.26. The van der Waals surface area contributed by atoms with E-state index in [1.54, 1.807) is 17.7 Å². The minimum atomic E-state index is -0.0847. The number of para-hydroxylation sites is 1. The van der Waals surface area contributed by atoms with Gasteiger partial charge in [-0.1, -0.05) is 37.7 Å². The molecule has 2 rings (SSSR count). The van der Waals surface area contributed by atoms with Gasteiger partial charge in [0.1, 0.15) is 0 Å². The number of fused-ring (bicyclic) bond motifs is 1. The van der Waals surface area contributed by atoms with Crippen LogP contribution in [0, 0.1) is 5.92 Å². The molecule has 6 heteroatoms. The Morgan fingerprint density at radius 2 is 2.10 bits per heavy atom. The Hall–Kier alpha value is -1.82. The van der Waals surface area contributed by atoms with Gasteiger partial charge in [0.15, 0.2) is 5.16 Å². The van der Waals surface area contributed by atoms with Gasteiger partial charge in [-0.15, -0.1) is 0 Å². The third-order valence-corrected chi connectivity index (χ3v) is 3.96. The lowest BCUT2D eigenvalue weighted by molar-refractivity contribution is -0.118. The SMILES string of the molecule is CNC(=O)CSc1nc2ccccc2c(=O)n1CC(C)C. The highest BCUT2D eigenvalue weighted by atomic mass is 32.2. The molecule has 1 N–H and O–H groups in total. The molecule has 0 fully saturated rings. The number of benzene rings is 1. The van der Waals surface area contributed by atoms with E-state index in [1.165, 1.54) is 11.8 Å². The molecule has 0 atom stereocenters. The van der Waals surface area contributed by atoms with Crippen LogP contribution in [0.2, 0.25) is 0 Å². The Balaban J connectivity index is 2.49. The van der Waals surface area contributed by atoms with Crippen LogP contribution < -0.4 is 10.9 Å². The summed E-state index contributed by atoms with van der Waals surface area (Å²) in [4.78, 5) is 28.6. The Bertz CT molecular complexity index is 710. The molecular weight excluding hydrogens is 286 g/mol. The van der Waals surface area contributed by atoms with Crippen molar-refractivity contribution >= 4 is 28.6 Å². The number of rotatable bonds is 5. The summed E-state index contributed by atoms with van der Waals surface area (Å²) in [6.07, 6.45) is 0. The van der Waals surface area contributed by atoms with E-state index in [-0.39, 0.29) is 17.2 Å². The van der Waals surface area contributed by atoms with E-state index < -0.39 is 0 Å². The van der Waals surface area contributed by atoms with Crippen molar-refractivity contribution in [3.8, 4) is 0 Å². The average molecular weight is 305 g/mol. The summed E-state index contributed by atoms with van der Waals surface area (Å²) in [5.74, 6) is 0.489. The maximum Gasteiger partial charge on any atom is 0.262 e. The van der Waals surface area contributed by atoms with E-state index in [2.05, 4.69) is 24.1 Å². The van der Waals surface area contributed by atoms with Crippen LogP contribution in [0.5, 0.6) is 0 Å². The van der Waals surface area contributed by atoms with Crippen LogP contribution in [0.25, 0.3) is 10.9 Å². The lowest BCUT2D eigenvalue weighted by Gasteiger charge is -2.14.